The molecule has 1 saturated heterocycles. The molecule has 1 aromatic carbocycles. The summed E-state index contributed by atoms with van der Waals surface area (Å²) < 4.78 is 0. The van der Waals surface area contributed by atoms with Gasteiger partial charge in [-0.05, 0) is 25.0 Å². The zero-order valence-electron chi connectivity index (χ0n) is 10.5. The number of carbonyl (C=O) groups is 2. The smallest absolute Gasteiger partial charge is 0.215 e. The first-order chi connectivity index (χ1) is 9.52. The third-order valence-electron chi connectivity index (χ3n) is 3.66. The van der Waals surface area contributed by atoms with Gasteiger partial charge in [0.1, 0.15) is 22.2 Å². The van der Waals surface area contributed by atoms with Crippen LogP contribution in [0.15, 0.2) is 22.9 Å². The van der Waals surface area contributed by atoms with E-state index in [0.717, 1.165) is 12.8 Å². The van der Waals surface area contributed by atoms with E-state index >= 15 is 0 Å². The van der Waals surface area contributed by atoms with Crippen molar-refractivity contribution in [3.8, 4) is 11.5 Å². The van der Waals surface area contributed by atoms with E-state index in [0.29, 0.717) is 13.1 Å². The Balaban J connectivity index is 2.21. The summed E-state index contributed by atoms with van der Waals surface area (Å²) in [7, 11) is 0. The minimum absolute atomic E-state index is 0.127. The quantitative estimate of drug-likeness (QED) is 0.775. The third kappa shape index (κ3) is 1.70. The fraction of sp³-hybridized carbons (Fsp3) is 0.286. The zero-order chi connectivity index (χ0) is 14.4. The second-order valence-electron chi connectivity index (χ2n) is 4.87. The van der Waals surface area contributed by atoms with Crippen LogP contribution in [0.4, 0.5) is 0 Å². The highest BCUT2D eigenvalue weighted by atomic mass is 35.5. The molecule has 1 aliphatic heterocycles. The number of nitrogens with zero attached hydrogens (tertiary/aromatic N) is 1. The molecule has 2 aliphatic rings. The number of halogens is 1. The van der Waals surface area contributed by atoms with Gasteiger partial charge >= 0.3 is 0 Å². The zero-order valence-corrected chi connectivity index (χ0v) is 11.3. The van der Waals surface area contributed by atoms with E-state index in [1.54, 1.807) is 4.90 Å². The lowest BCUT2D eigenvalue weighted by Crippen LogP contribution is -2.31. The van der Waals surface area contributed by atoms with Crippen LogP contribution in [0.2, 0.25) is 0 Å². The van der Waals surface area contributed by atoms with Crippen molar-refractivity contribution >= 4 is 23.2 Å². The fourth-order valence-electron chi connectivity index (χ4n) is 2.70. The molecule has 0 atom stereocenters. The number of likely N-dealkylation sites (tertiary alicyclic amines) is 1. The van der Waals surface area contributed by atoms with Crippen LogP contribution >= 0.6 is 11.6 Å². The molecule has 5 nitrogen and oxygen atoms in total. The molecule has 0 aromatic heterocycles. The van der Waals surface area contributed by atoms with Gasteiger partial charge in [-0.15, -0.1) is 0 Å². The van der Waals surface area contributed by atoms with Gasteiger partial charge in [-0.2, -0.15) is 0 Å². The third-order valence-corrected chi connectivity index (χ3v) is 4.01. The predicted octanol–water partition coefficient (Wildman–Crippen LogP) is 2.02. The van der Waals surface area contributed by atoms with Crippen LogP contribution in [0.25, 0.3) is 0 Å². The summed E-state index contributed by atoms with van der Waals surface area (Å²) in [6, 6.07) is 2.37. The van der Waals surface area contributed by atoms with E-state index < -0.39 is 11.6 Å². The lowest BCUT2D eigenvalue weighted by Gasteiger charge is -2.26. The summed E-state index contributed by atoms with van der Waals surface area (Å²) in [5.74, 6) is -1.82. The van der Waals surface area contributed by atoms with Crippen LogP contribution < -0.4 is 0 Å². The molecule has 0 unspecified atom stereocenters. The number of fused-ring (bicyclic) bond motifs is 1. The molecule has 1 aliphatic carbocycles. The molecule has 0 spiro atoms. The number of Topliss-reactive ketones (excluding diaryl/α,β-unsaturated/α-hetero) is 2. The number of phenols is 2. The van der Waals surface area contributed by atoms with Crippen LogP contribution in [0, 0.1) is 0 Å². The standard InChI is InChI=1S/C14H12ClNO4/c15-11-12(16-5-1-2-6-16)14(20)10-8(18)4-3-7(17)9(10)13(11)19/h3-4,17-18H,1-2,5-6H2. The van der Waals surface area contributed by atoms with Crippen molar-refractivity contribution in [3.05, 3.63) is 34.0 Å². The van der Waals surface area contributed by atoms with Crippen LogP contribution in [0.3, 0.4) is 0 Å². The number of carbonyl (C=O) groups excluding carboxylic acids is 2. The molecule has 0 amide bonds. The largest absolute Gasteiger partial charge is 0.507 e. The van der Waals surface area contributed by atoms with Gasteiger partial charge in [0.15, 0.2) is 0 Å². The van der Waals surface area contributed by atoms with E-state index in [2.05, 4.69) is 0 Å². The summed E-state index contributed by atoms with van der Waals surface area (Å²) in [4.78, 5) is 26.5. The van der Waals surface area contributed by atoms with Crippen molar-refractivity contribution in [1.82, 2.24) is 4.90 Å². The molecule has 6 heteroatoms. The Morgan fingerprint density at radius 3 is 2.00 bits per heavy atom. The van der Waals surface area contributed by atoms with Crippen molar-refractivity contribution in [2.75, 3.05) is 13.1 Å². The summed E-state index contributed by atoms with van der Waals surface area (Å²) in [5.41, 5.74) is -0.258. The fourth-order valence-corrected chi connectivity index (χ4v) is 3.00. The van der Waals surface area contributed by atoms with E-state index in [1.165, 1.54) is 12.1 Å². The Hall–Kier alpha value is -2.01. The highest BCUT2D eigenvalue weighted by Crippen LogP contribution is 2.39. The first-order valence-corrected chi connectivity index (χ1v) is 6.69. The number of hydrogen-bond donors (Lipinski definition) is 2. The van der Waals surface area contributed by atoms with Gasteiger partial charge in [0.25, 0.3) is 0 Å². The number of rotatable bonds is 1. The number of ketones is 2. The van der Waals surface area contributed by atoms with Gasteiger partial charge in [0, 0.05) is 13.1 Å². The molecule has 1 heterocycles. The molecule has 2 N–H and O–H groups in total. The minimum Gasteiger partial charge on any atom is -0.507 e. The van der Waals surface area contributed by atoms with E-state index in [-0.39, 0.29) is 33.4 Å². The molecule has 20 heavy (non-hydrogen) atoms. The van der Waals surface area contributed by atoms with Crippen LogP contribution in [-0.2, 0) is 0 Å². The van der Waals surface area contributed by atoms with E-state index in [4.69, 9.17) is 11.6 Å². The maximum absolute atomic E-state index is 12.5. The summed E-state index contributed by atoms with van der Waals surface area (Å²) in [6.45, 7) is 1.30. The summed E-state index contributed by atoms with van der Waals surface area (Å²) >= 11 is 6.03. The monoisotopic (exact) mass is 293 g/mol. The van der Waals surface area contributed by atoms with Gasteiger partial charge in [-0.1, -0.05) is 11.6 Å². The van der Waals surface area contributed by atoms with Crippen molar-refractivity contribution in [2.24, 2.45) is 0 Å². The normalized spacial score (nSPS) is 18.8. The Labute approximate surface area is 120 Å². The molecule has 3 rings (SSSR count). The Bertz CT molecular complexity index is 659. The Morgan fingerprint density at radius 1 is 0.950 bits per heavy atom. The second-order valence-corrected chi connectivity index (χ2v) is 5.25. The lowest BCUT2D eigenvalue weighted by atomic mass is 9.90. The van der Waals surface area contributed by atoms with Crippen molar-refractivity contribution in [1.29, 1.82) is 0 Å². The minimum atomic E-state index is -0.628. The predicted molar refractivity (Wildman–Crippen MR) is 72.1 cm³/mol. The number of phenolic OH excluding ortho intramolecular Hbond substituents is 2. The molecule has 1 aromatic rings. The molecule has 0 radical (unpaired) electrons. The molecule has 0 bridgehead atoms. The highest BCUT2D eigenvalue weighted by Gasteiger charge is 2.38. The van der Waals surface area contributed by atoms with Crippen LogP contribution in [0.5, 0.6) is 11.5 Å². The number of allylic oxidation sites excluding steroid dienone is 2. The lowest BCUT2D eigenvalue weighted by molar-refractivity contribution is 0.0948. The second kappa shape index (κ2) is 4.52. The number of aromatic hydroxyl groups is 2. The van der Waals surface area contributed by atoms with E-state index in [9.17, 15) is 19.8 Å². The van der Waals surface area contributed by atoms with Gasteiger partial charge < -0.3 is 15.1 Å². The van der Waals surface area contributed by atoms with Gasteiger partial charge in [-0.25, -0.2) is 0 Å². The summed E-state index contributed by atoms with van der Waals surface area (Å²) in [5, 5.41) is 19.4. The van der Waals surface area contributed by atoms with Gasteiger partial charge in [0.2, 0.25) is 11.6 Å². The van der Waals surface area contributed by atoms with Crippen molar-refractivity contribution < 1.29 is 19.8 Å². The molecular formula is C14H12ClNO4. The van der Waals surface area contributed by atoms with Crippen LogP contribution in [-0.4, -0.2) is 39.8 Å². The number of benzene rings is 1. The first kappa shape index (κ1) is 13.0. The summed E-state index contributed by atoms with van der Waals surface area (Å²) in [6.07, 6.45) is 1.85. The van der Waals surface area contributed by atoms with Crippen molar-refractivity contribution in [3.63, 3.8) is 0 Å². The highest BCUT2D eigenvalue weighted by molar-refractivity contribution is 6.50. The number of hydrogen-bond acceptors (Lipinski definition) is 5. The SMILES string of the molecule is O=C1C(Cl)=C(N2CCCC2)C(=O)c2c(O)ccc(O)c21. The van der Waals surface area contributed by atoms with Gasteiger partial charge in [-0.3, -0.25) is 9.59 Å². The average Bonchev–Trinajstić information content (AvgIpc) is 2.92. The molecule has 0 saturated carbocycles. The molecule has 104 valence electrons. The average molecular weight is 294 g/mol. The maximum atomic E-state index is 12.5. The van der Waals surface area contributed by atoms with Gasteiger partial charge in [0.05, 0.1) is 11.1 Å². The van der Waals surface area contributed by atoms with Crippen LogP contribution in [0.1, 0.15) is 33.6 Å². The molecular weight excluding hydrogens is 282 g/mol. The van der Waals surface area contributed by atoms with E-state index in [1.807, 2.05) is 0 Å². The Morgan fingerprint density at radius 2 is 1.45 bits per heavy atom. The molecule has 1 fully saturated rings. The van der Waals surface area contributed by atoms with Crippen molar-refractivity contribution in [2.45, 2.75) is 12.8 Å². The maximum Gasteiger partial charge on any atom is 0.215 e. The first-order valence-electron chi connectivity index (χ1n) is 6.31. The Kier molecular flexibility index (Phi) is 2.94. The topological polar surface area (TPSA) is 77.8 Å².